The van der Waals surface area contributed by atoms with Crippen LogP contribution in [0, 0.1) is 12.8 Å². The quantitative estimate of drug-likeness (QED) is 0.350. The number of benzene rings is 2. The van der Waals surface area contributed by atoms with Gasteiger partial charge in [0, 0.05) is 28.3 Å². The van der Waals surface area contributed by atoms with E-state index in [9.17, 15) is 13.2 Å². The average Bonchev–Trinajstić information content (AvgIpc) is 3.22. The SMILES string of the molecule is Cc1ccc(CN(Cc2ccccc2)C(=O)CN(CC(C)C)S(=O)(=O)C=Cc2ccccc2)s1. The van der Waals surface area contributed by atoms with Gasteiger partial charge in [-0.15, -0.1) is 11.3 Å². The Balaban J connectivity index is 1.82. The fourth-order valence-electron chi connectivity index (χ4n) is 3.53. The van der Waals surface area contributed by atoms with Gasteiger partial charge in [0.2, 0.25) is 15.9 Å². The second-order valence-corrected chi connectivity index (χ2v) is 11.9. The number of carbonyl (C=O) groups is 1. The minimum absolute atomic E-state index is 0.0789. The number of aryl methyl sites for hydroxylation is 1. The van der Waals surface area contributed by atoms with Crippen LogP contribution < -0.4 is 0 Å². The molecule has 0 unspecified atom stereocenters. The first-order valence-electron chi connectivity index (χ1n) is 11.3. The highest BCUT2D eigenvalue weighted by Crippen LogP contribution is 2.20. The fraction of sp³-hybridized carbons (Fsp3) is 0.296. The molecule has 3 aromatic rings. The summed E-state index contributed by atoms with van der Waals surface area (Å²) in [6, 6.07) is 23.1. The van der Waals surface area contributed by atoms with Gasteiger partial charge >= 0.3 is 0 Å². The average molecular weight is 497 g/mol. The number of hydrogen-bond acceptors (Lipinski definition) is 4. The summed E-state index contributed by atoms with van der Waals surface area (Å²) in [7, 11) is -3.78. The second kappa shape index (κ2) is 12.1. The fourth-order valence-corrected chi connectivity index (χ4v) is 5.73. The van der Waals surface area contributed by atoms with Crippen molar-refractivity contribution in [1.82, 2.24) is 9.21 Å². The van der Waals surface area contributed by atoms with Crippen LogP contribution >= 0.6 is 11.3 Å². The van der Waals surface area contributed by atoms with Crippen molar-refractivity contribution >= 4 is 33.3 Å². The van der Waals surface area contributed by atoms with Gasteiger partial charge in [-0.05, 0) is 42.2 Å². The molecular weight excluding hydrogens is 464 g/mol. The lowest BCUT2D eigenvalue weighted by molar-refractivity contribution is -0.132. The van der Waals surface area contributed by atoms with E-state index in [1.807, 2.05) is 93.6 Å². The maximum Gasteiger partial charge on any atom is 0.238 e. The van der Waals surface area contributed by atoms with Crippen LogP contribution in [0.2, 0.25) is 0 Å². The Labute approximate surface area is 207 Å². The molecule has 5 nitrogen and oxygen atoms in total. The third-order valence-corrected chi connectivity index (χ3v) is 7.65. The van der Waals surface area contributed by atoms with Crippen LogP contribution in [-0.4, -0.2) is 36.6 Å². The third-order valence-electron chi connectivity index (χ3n) is 5.18. The number of rotatable bonds is 11. The summed E-state index contributed by atoms with van der Waals surface area (Å²) in [6.07, 6.45) is 1.57. The van der Waals surface area contributed by atoms with Gasteiger partial charge in [-0.2, -0.15) is 4.31 Å². The van der Waals surface area contributed by atoms with Gasteiger partial charge in [0.25, 0.3) is 0 Å². The molecule has 0 atom stereocenters. The molecule has 1 heterocycles. The zero-order valence-corrected chi connectivity index (χ0v) is 21.6. The Morgan fingerprint density at radius 2 is 1.59 bits per heavy atom. The van der Waals surface area contributed by atoms with Crippen molar-refractivity contribution in [2.45, 2.75) is 33.9 Å². The van der Waals surface area contributed by atoms with E-state index in [2.05, 4.69) is 0 Å². The minimum Gasteiger partial charge on any atom is -0.332 e. The predicted octanol–water partition coefficient (Wildman–Crippen LogP) is 5.54. The highest BCUT2D eigenvalue weighted by atomic mass is 32.2. The van der Waals surface area contributed by atoms with Crippen LogP contribution in [0.1, 0.15) is 34.7 Å². The van der Waals surface area contributed by atoms with Crippen molar-refractivity contribution in [3.05, 3.63) is 99.1 Å². The smallest absolute Gasteiger partial charge is 0.238 e. The van der Waals surface area contributed by atoms with E-state index >= 15 is 0 Å². The lowest BCUT2D eigenvalue weighted by atomic mass is 10.2. The number of hydrogen-bond donors (Lipinski definition) is 0. The first-order valence-corrected chi connectivity index (χ1v) is 13.6. The van der Waals surface area contributed by atoms with Crippen LogP contribution in [0.3, 0.4) is 0 Å². The lowest BCUT2D eigenvalue weighted by Gasteiger charge is -2.27. The van der Waals surface area contributed by atoms with Crippen molar-refractivity contribution in [2.75, 3.05) is 13.1 Å². The molecule has 0 saturated carbocycles. The molecule has 7 heteroatoms. The van der Waals surface area contributed by atoms with Gasteiger partial charge in [-0.3, -0.25) is 4.79 Å². The van der Waals surface area contributed by atoms with Gasteiger partial charge < -0.3 is 4.90 Å². The van der Waals surface area contributed by atoms with E-state index in [0.29, 0.717) is 13.1 Å². The Morgan fingerprint density at radius 1 is 0.941 bits per heavy atom. The topological polar surface area (TPSA) is 57.7 Å². The highest BCUT2D eigenvalue weighted by Gasteiger charge is 2.26. The zero-order chi connectivity index (χ0) is 24.6. The highest BCUT2D eigenvalue weighted by molar-refractivity contribution is 7.92. The molecule has 0 spiro atoms. The molecule has 0 aliphatic carbocycles. The molecule has 1 aromatic heterocycles. The van der Waals surface area contributed by atoms with Crippen LogP contribution in [-0.2, 0) is 27.9 Å². The second-order valence-electron chi connectivity index (χ2n) is 8.69. The van der Waals surface area contributed by atoms with E-state index in [1.165, 1.54) is 14.6 Å². The molecule has 180 valence electrons. The molecule has 0 fully saturated rings. The first-order chi connectivity index (χ1) is 16.2. The normalized spacial score (nSPS) is 12.0. The summed E-state index contributed by atoms with van der Waals surface area (Å²) < 4.78 is 27.7. The lowest BCUT2D eigenvalue weighted by Crippen LogP contribution is -2.43. The Bertz CT molecular complexity index is 1190. The molecular formula is C27H32N2O3S2. The summed E-state index contributed by atoms with van der Waals surface area (Å²) >= 11 is 1.65. The van der Waals surface area contributed by atoms with E-state index < -0.39 is 10.0 Å². The van der Waals surface area contributed by atoms with Crippen LogP contribution in [0.25, 0.3) is 6.08 Å². The van der Waals surface area contributed by atoms with Gasteiger partial charge in [0.05, 0.1) is 13.1 Å². The summed E-state index contributed by atoms with van der Waals surface area (Å²) in [4.78, 5) is 17.5. The van der Waals surface area contributed by atoms with Crippen molar-refractivity contribution in [1.29, 1.82) is 0 Å². The minimum atomic E-state index is -3.78. The van der Waals surface area contributed by atoms with Gasteiger partial charge in [-0.1, -0.05) is 74.5 Å². The molecule has 0 saturated heterocycles. The molecule has 0 aliphatic rings. The Morgan fingerprint density at radius 3 is 2.18 bits per heavy atom. The van der Waals surface area contributed by atoms with Gasteiger partial charge in [0.15, 0.2) is 0 Å². The van der Waals surface area contributed by atoms with Crippen LogP contribution in [0.5, 0.6) is 0 Å². The molecule has 1 amide bonds. The standard InChI is InChI=1S/C27H32N2O3S2/c1-22(2)18-29(34(31,32)17-16-24-10-6-4-7-11-24)21-27(30)28(19-25-12-8-5-9-13-25)20-26-15-14-23(3)33-26/h4-17,22H,18-21H2,1-3H3. The van der Waals surface area contributed by atoms with E-state index in [4.69, 9.17) is 0 Å². The van der Waals surface area contributed by atoms with Gasteiger partial charge in [-0.25, -0.2) is 8.42 Å². The van der Waals surface area contributed by atoms with Crippen molar-refractivity contribution in [3.63, 3.8) is 0 Å². The summed E-state index contributed by atoms with van der Waals surface area (Å²) in [5, 5.41) is 1.20. The van der Waals surface area contributed by atoms with Crippen LogP contribution in [0.4, 0.5) is 0 Å². The van der Waals surface area contributed by atoms with E-state index in [0.717, 1.165) is 16.0 Å². The molecule has 0 bridgehead atoms. The maximum absolute atomic E-state index is 13.5. The molecule has 3 rings (SSSR count). The molecule has 34 heavy (non-hydrogen) atoms. The number of sulfonamides is 1. The predicted molar refractivity (Wildman–Crippen MR) is 141 cm³/mol. The molecule has 0 aliphatic heterocycles. The van der Waals surface area contributed by atoms with E-state index in [1.54, 1.807) is 22.3 Å². The third kappa shape index (κ3) is 7.94. The van der Waals surface area contributed by atoms with Gasteiger partial charge in [0.1, 0.15) is 0 Å². The molecule has 0 N–H and O–H groups in total. The van der Waals surface area contributed by atoms with Crippen molar-refractivity contribution < 1.29 is 13.2 Å². The number of carbonyl (C=O) groups excluding carboxylic acids is 1. The number of thiophene rings is 1. The zero-order valence-electron chi connectivity index (χ0n) is 19.9. The summed E-state index contributed by atoms with van der Waals surface area (Å²) in [5.74, 6) is -0.137. The van der Waals surface area contributed by atoms with Crippen LogP contribution in [0.15, 0.2) is 78.2 Å². The Hall–Kier alpha value is -2.74. The largest absolute Gasteiger partial charge is 0.332 e. The first kappa shape index (κ1) is 25.9. The van der Waals surface area contributed by atoms with Crippen molar-refractivity contribution in [3.8, 4) is 0 Å². The van der Waals surface area contributed by atoms with Crippen molar-refractivity contribution in [2.24, 2.45) is 5.92 Å². The molecule has 2 aromatic carbocycles. The number of amides is 1. The maximum atomic E-state index is 13.5. The monoisotopic (exact) mass is 496 g/mol. The molecule has 0 radical (unpaired) electrons. The summed E-state index contributed by atoms with van der Waals surface area (Å²) in [6.45, 7) is 6.87. The summed E-state index contributed by atoms with van der Waals surface area (Å²) in [5.41, 5.74) is 1.80. The number of nitrogens with zero attached hydrogens (tertiary/aromatic N) is 2. The van der Waals surface area contributed by atoms with E-state index in [-0.39, 0.29) is 24.9 Å². The Kier molecular flexibility index (Phi) is 9.21.